The van der Waals surface area contributed by atoms with Crippen LogP contribution in [0.5, 0.6) is 11.5 Å². The standard InChI is InChI=1S/C17H25NO2.ClH/c1-4-7-8-12-18-14-15-10-9-11-16(19-6-3)17(15)20-13-5-2;/h2,9-11,18H,4,6-8,12-14H2,1,3H3;1H. The highest BCUT2D eigenvalue weighted by Crippen LogP contribution is 2.31. The predicted molar refractivity (Wildman–Crippen MR) is 90.4 cm³/mol. The van der Waals surface area contributed by atoms with Crippen molar-refractivity contribution in [1.82, 2.24) is 5.32 Å². The van der Waals surface area contributed by atoms with E-state index < -0.39 is 0 Å². The van der Waals surface area contributed by atoms with Crippen molar-refractivity contribution in [3.63, 3.8) is 0 Å². The summed E-state index contributed by atoms with van der Waals surface area (Å²) in [6.45, 7) is 6.82. The summed E-state index contributed by atoms with van der Waals surface area (Å²) in [5.41, 5.74) is 1.09. The van der Waals surface area contributed by atoms with Gasteiger partial charge < -0.3 is 14.8 Å². The first-order valence-corrected chi connectivity index (χ1v) is 7.35. The van der Waals surface area contributed by atoms with Gasteiger partial charge in [0.2, 0.25) is 0 Å². The minimum absolute atomic E-state index is 0. The van der Waals surface area contributed by atoms with Crippen molar-refractivity contribution in [3.8, 4) is 23.8 Å². The van der Waals surface area contributed by atoms with Gasteiger partial charge in [-0.25, -0.2) is 0 Å². The molecule has 0 aliphatic carbocycles. The molecule has 1 N–H and O–H groups in total. The lowest BCUT2D eigenvalue weighted by atomic mass is 10.1. The van der Waals surface area contributed by atoms with Crippen LogP contribution in [0.2, 0.25) is 0 Å². The van der Waals surface area contributed by atoms with Gasteiger partial charge in [0.25, 0.3) is 0 Å². The first kappa shape index (κ1) is 19.6. The summed E-state index contributed by atoms with van der Waals surface area (Å²) in [5, 5.41) is 3.44. The molecule has 118 valence electrons. The summed E-state index contributed by atoms with van der Waals surface area (Å²) >= 11 is 0. The maximum Gasteiger partial charge on any atom is 0.167 e. The Hall–Kier alpha value is -1.37. The van der Waals surface area contributed by atoms with Gasteiger partial charge in [0, 0.05) is 12.1 Å². The van der Waals surface area contributed by atoms with E-state index in [0.29, 0.717) is 6.61 Å². The van der Waals surface area contributed by atoms with Crippen molar-refractivity contribution in [2.45, 2.75) is 39.7 Å². The number of unbranched alkanes of at least 4 members (excludes halogenated alkanes) is 2. The quantitative estimate of drug-likeness (QED) is 0.526. The first-order chi connectivity index (χ1) is 9.83. The van der Waals surface area contributed by atoms with Crippen molar-refractivity contribution in [2.24, 2.45) is 0 Å². The molecule has 0 amide bonds. The van der Waals surface area contributed by atoms with Crippen LogP contribution in [0.3, 0.4) is 0 Å². The fourth-order valence-electron chi connectivity index (χ4n) is 1.97. The average Bonchev–Trinajstić information content (AvgIpc) is 2.46. The molecule has 0 spiro atoms. The molecule has 3 nitrogen and oxygen atoms in total. The Morgan fingerprint density at radius 3 is 2.67 bits per heavy atom. The van der Waals surface area contributed by atoms with Crippen LogP contribution in [0, 0.1) is 12.3 Å². The number of hydrogen-bond acceptors (Lipinski definition) is 3. The molecule has 0 unspecified atom stereocenters. The Balaban J connectivity index is 0.00000400. The molecular weight excluding hydrogens is 286 g/mol. The molecule has 1 rings (SSSR count). The number of rotatable bonds is 10. The molecule has 1 aromatic carbocycles. The van der Waals surface area contributed by atoms with E-state index in [-0.39, 0.29) is 19.0 Å². The van der Waals surface area contributed by atoms with Crippen LogP contribution in [0.4, 0.5) is 0 Å². The van der Waals surface area contributed by atoms with Crippen LogP contribution in [0.15, 0.2) is 18.2 Å². The van der Waals surface area contributed by atoms with Gasteiger partial charge in [0.15, 0.2) is 11.5 Å². The maximum atomic E-state index is 5.65. The molecular formula is C17H26ClNO2. The van der Waals surface area contributed by atoms with Crippen LogP contribution in [-0.4, -0.2) is 19.8 Å². The van der Waals surface area contributed by atoms with E-state index >= 15 is 0 Å². The summed E-state index contributed by atoms with van der Waals surface area (Å²) in [6, 6.07) is 5.94. The highest BCUT2D eigenvalue weighted by atomic mass is 35.5. The SMILES string of the molecule is C#CCOc1c(CNCCCCC)cccc1OCC.Cl. The van der Waals surface area contributed by atoms with Crippen LogP contribution >= 0.6 is 12.4 Å². The zero-order valence-electron chi connectivity index (χ0n) is 13.0. The number of para-hydroxylation sites is 1. The third-order valence-corrected chi connectivity index (χ3v) is 2.93. The minimum atomic E-state index is 0. The number of ether oxygens (including phenoxy) is 2. The summed E-state index contributed by atoms with van der Waals surface area (Å²) in [5.74, 6) is 4.02. The van der Waals surface area contributed by atoms with Crippen molar-refractivity contribution in [2.75, 3.05) is 19.8 Å². The molecule has 1 aromatic rings. The summed E-state index contributed by atoms with van der Waals surface area (Å²) in [6.07, 6.45) is 8.96. The van der Waals surface area contributed by atoms with E-state index in [1.54, 1.807) is 0 Å². The van der Waals surface area contributed by atoms with Crippen LogP contribution in [0.25, 0.3) is 0 Å². The van der Waals surface area contributed by atoms with E-state index in [2.05, 4.69) is 18.2 Å². The van der Waals surface area contributed by atoms with E-state index in [9.17, 15) is 0 Å². The Morgan fingerprint density at radius 2 is 2.00 bits per heavy atom. The van der Waals surface area contributed by atoms with Crippen molar-refractivity contribution >= 4 is 12.4 Å². The molecule has 0 bridgehead atoms. The molecule has 0 saturated carbocycles. The van der Waals surface area contributed by atoms with E-state index in [1.165, 1.54) is 19.3 Å². The van der Waals surface area contributed by atoms with Crippen molar-refractivity contribution in [1.29, 1.82) is 0 Å². The Bertz CT molecular complexity index is 429. The lowest BCUT2D eigenvalue weighted by Crippen LogP contribution is -2.16. The second-order valence-electron chi connectivity index (χ2n) is 4.55. The second-order valence-corrected chi connectivity index (χ2v) is 4.55. The van der Waals surface area contributed by atoms with Gasteiger partial charge in [-0.1, -0.05) is 37.8 Å². The molecule has 0 saturated heterocycles. The first-order valence-electron chi connectivity index (χ1n) is 7.35. The van der Waals surface area contributed by atoms with Crippen LogP contribution in [-0.2, 0) is 6.54 Å². The van der Waals surface area contributed by atoms with Crippen molar-refractivity contribution in [3.05, 3.63) is 23.8 Å². The average molecular weight is 312 g/mol. The normalized spacial score (nSPS) is 9.57. The molecule has 0 aliphatic rings. The Kier molecular flexibility index (Phi) is 11.6. The number of benzene rings is 1. The van der Waals surface area contributed by atoms with E-state index in [4.69, 9.17) is 15.9 Å². The van der Waals surface area contributed by atoms with Crippen molar-refractivity contribution < 1.29 is 9.47 Å². The Labute approximate surface area is 134 Å². The molecule has 0 atom stereocenters. The largest absolute Gasteiger partial charge is 0.490 e. The fraction of sp³-hybridized carbons (Fsp3) is 0.529. The van der Waals surface area contributed by atoms with Gasteiger partial charge in [-0.3, -0.25) is 0 Å². The van der Waals surface area contributed by atoms with Gasteiger partial charge in [-0.2, -0.15) is 0 Å². The monoisotopic (exact) mass is 311 g/mol. The fourth-order valence-corrected chi connectivity index (χ4v) is 1.97. The molecule has 0 fully saturated rings. The summed E-state index contributed by atoms with van der Waals surface area (Å²) in [4.78, 5) is 0. The van der Waals surface area contributed by atoms with E-state index in [0.717, 1.165) is 30.2 Å². The van der Waals surface area contributed by atoms with Gasteiger partial charge in [-0.05, 0) is 26.0 Å². The summed E-state index contributed by atoms with van der Waals surface area (Å²) < 4.78 is 11.2. The zero-order chi connectivity index (χ0) is 14.6. The molecule has 21 heavy (non-hydrogen) atoms. The lowest BCUT2D eigenvalue weighted by molar-refractivity contribution is 0.296. The van der Waals surface area contributed by atoms with Gasteiger partial charge in [0.05, 0.1) is 6.61 Å². The number of terminal acetylenes is 1. The molecule has 0 aliphatic heterocycles. The van der Waals surface area contributed by atoms with Gasteiger partial charge in [0.1, 0.15) is 6.61 Å². The number of halogens is 1. The summed E-state index contributed by atoms with van der Waals surface area (Å²) in [7, 11) is 0. The third-order valence-electron chi connectivity index (χ3n) is 2.93. The van der Waals surface area contributed by atoms with Crippen LogP contribution in [0.1, 0.15) is 38.7 Å². The second kappa shape index (κ2) is 12.4. The number of nitrogens with one attached hydrogen (secondary N) is 1. The smallest absolute Gasteiger partial charge is 0.167 e. The molecule has 0 heterocycles. The topological polar surface area (TPSA) is 30.5 Å². The van der Waals surface area contributed by atoms with E-state index in [1.807, 2.05) is 25.1 Å². The minimum Gasteiger partial charge on any atom is -0.490 e. The Morgan fingerprint density at radius 1 is 1.19 bits per heavy atom. The molecule has 4 heteroatoms. The predicted octanol–water partition coefficient (Wildman–Crippen LogP) is 3.80. The van der Waals surface area contributed by atoms with Gasteiger partial charge in [-0.15, -0.1) is 18.8 Å². The lowest BCUT2D eigenvalue weighted by Gasteiger charge is -2.15. The highest BCUT2D eigenvalue weighted by Gasteiger charge is 2.10. The molecule has 0 aromatic heterocycles. The van der Waals surface area contributed by atoms with Gasteiger partial charge >= 0.3 is 0 Å². The maximum absolute atomic E-state index is 5.65. The zero-order valence-corrected chi connectivity index (χ0v) is 13.8. The highest BCUT2D eigenvalue weighted by molar-refractivity contribution is 5.85. The third kappa shape index (κ3) is 7.27. The number of hydrogen-bond donors (Lipinski definition) is 1. The molecule has 0 radical (unpaired) electrons. The van der Waals surface area contributed by atoms with Crippen LogP contribution < -0.4 is 14.8 Å².